The molecule has 47 heavy (non-hydrogen) atoms. The molecule has 4 saturated heterocycles. The number of hydrogen-bond donors (Lipinski definition) is 0. The highest BCUT2D eigenvalue weighted by molar-refractivity contribution is 6.76. The predicted octanol–water partition coefficient (Wildman–Crippen LogP) is 4.91. The highest BCUT2D eigenvalue weighted by atomic mass is 28.4. The van der Waals surface area contributed by atoms with Gasteiger partial charge in [-0.25, -0.2) is 9.59 Å². The van der Waals surface area contributed by atoms with Crippen molar-refractivity contribution in [1.29, 1.82) is 0 Å². The number of rotatable bonds is 16. The van der Waals surface area contributed by atoms with Gasteiger partial charge in [0.05, 0.1) is 20.3 Å². The van der Waals surface area contributed by atoms with Crippen molar-refractivity contribution in [3.05, 3.63) is 0 Å². The largest absolute Gasteiger partial charge is 0.467 e. The van der Waals surface area contributed by atoms with E-state index in [9.17, 15) is 9.59 Å². The molecule has 6 atom stereocenters. The van der Waals surface area contributed by atoms with Gasteiger partial charge in [0.25, 0.3) is 0 Å². The third-order valence-corrected chi connectivity index (χ3v) is 18.2. The van der Waals surface area contributed by atoms with Crippen LogP contribution in [0.25, 0.3) is 0 Å². The van der Waals surface area contributed by atoms with Crippen molar-refractivity contribution in [2.75, 3.05) is 47.1 Å². The Labute approximate surface area is 284 Å². The van der Waals surface area contributed by atoms with Gasteiger partial charge >= 0.3 is 11.9 Å². The van der Waals surface area contributed by atoms with E-state index in [1.54, 1.807) is 13.8 Å². The molecule has 0 radical (unpaired) electrons. The van der Waals surface area contributed by atoms with E-state index in [-0.39, 0.29) is 26.8 Å². The summed E-state index contributed by atoms with van der Waals surface area (Å²) < 4.78 is 63.4. The van der Waals surface area contributed by atoms with Crippen molar-refractivity contribution in [1.82, 2.24) is 0 Å². The van der Waals surface area contributed by atoms with Crippen LogP contribution in [0.15, 0.2) is 0 Å². The third-order valence-electron chi connectivity index (χ3n) is 10.3. The Hall–Kier alpha value is -0.729. The smallest absolute Gasteiger partial charge is 0.346 e. The van der Waals surface area contributed by atoms with Crippen LogP contribution in [0.1, 0.15) is 34.6 Å². The minimum atomic E-state index is -2.95. The summed E-state index contributed by atoms with van der Waals surface area (Å²) in [5.74, 6) is -2.74. The lowest BCUT2D eigenvalue weighted by molar-refractivity contribution is -0.349. The van der Waals surface area contributed by atoms with Gasteiger partial charge in [-0.2, -0.15) is 0 Å². The number of carbonyl (C=O) groups is 2. The molecule has 0 aromatic carbocycles. The van der Waals surface area contributed by atoms with Crippen molar-refractivity contribution in [2.45, 2.75) is 145 Å². The summed E-state index contributed by atoms with van der Waals surface area (Å²) in [5, 5.41) is -0.400. The van der Waals surface area contributed by atoms with Crippen molar-refractivity contribution >= 4 is 36.4 Å². The fourth-order valence-electron chi connectivity index (χ4n) is 6.68. The van der Waals surface area contributed by atoms with Crippen LogP contribution in [0, 0.1) is 0 Å². The first-order valence-corrected chi connectivity index (χ1v) is 27.1. The average Bonchev–Trinajstić information content (AvgIpc) is 3.38. The molecule has 4 aliphatic heterocycles. The SMILES string of the molecule is COC(=O)[C@]1(O[Si](C)(C)C(C)(C)C)[C@]2(OCOCC[Si](C)(C)C)C(=O)O[C@@H]3[C@H]4OC(C)(C)OC[C@@]41O[C@@]32COCOCC[Si](C)(C)C. The van der Waals surface area contributed by atoms with E-state index in [2.05, 4.69) is 39.3 Å². The summed E-state index contributed by atoms with van der Waals surface area (Å²) in [7, 11) is -4.46. The van der Waals surface area contributed by atoms with E-state index < -0.39 is 81.8 Å². The molecule has 4 heterocycles. The first-order valence-electron chi connectivity index (χ1n) is 16.8. The summed E-state index contributed by atoms with van der Waals surface area (Å²) in [6.45, 7) is 27.4. The Morgan fingerprint density at radius 2 is 1.47 bits per heavy atom. The lowest BCUT2D eigenvalue weighted by Gasteiger charge is -2.57. The molecular formula is C32H60O12Si3. The predicted molar refractivity (Wildman–Crippen MR) is 182 cm³/mol. The molecule has 4 rings (SSSR count). The molecule has 4 fully saturated rings. The van der Waals surface area contributed by atoms with Crippen LogP contribution in [-0.2, 0) is 56.6 Å². The number of hydrogen-bond acceptors (Lipinski definition) is 12. The Kier molecular flexibility index (Phi) is 10.6. The zero-order valence-corrected chi connectivity index (χ0v) is 34.2. The van der Waals surface area contributed by atoms with Crippen LogP contribution in [0.3, 0.4) is 0 Å². The molecule has 12 nitrogen and oxygen atoms in total. The van der Waals surface area contributed by atoms with Crippen molar-refractivity contribution in [3.63, 3.8) is 0 Å². The molecule has 272 valence electrons. The highest BCUT2D eigenvalue weighted by Gasteiger charge is 3.01. The second-order valence-corrected chi connectivity index (χ2v) is 33.8. The van der Waals surface area contributed by atoms with Gasteiger partial charge in [0.1, 0.15) is 19.7 Å². The Bertz CT molecular complexity index is 1180. The average molecular weight is 721 g/mol. The molecule has 0 aliphatic carbocycles. The van der Waals surface area contributed by atoms with E-state index >= 15 is 0 Å². The number of carbonyl (C=O) groups excluding carboxylic acids is 2. The van der Waals surface area contributed by atoms with E-state index in [0.29, 0.717) is 13.2 Å². The van der Waals surface area contributed by atoms with E-state index in [0.717, 1.165) is 12.1 Å². The highest BCUT2D eigenvalue weighted by Crippen LogP contribution is 2.72. The third kappa shape index (κ3) is 6.49. The van der Waals surface area contributed by atoms with E-state index in [1.165, 1.54) is 7.11 Å². The van der Waals surface area contributed by atoms with Crippen LogP contribution >= 0.6 is 0 Å². The first-order chi connectivity index (χ1) is 21.4. The fourth-order valence-corrected chi connectivity index (χ4v) is 9.67. The topological polar surface area (TPSA) is 126 Å². The zero-order valence-electron chi connectivity index (χ0n) is 31.2. The maximum absolute atomic E-state index is 14.7. The fraction of sp³-hybridized carbons (Fsp3) is 0.938. The maximum atomic E-state index is 14.7. The van der Waals surface area contributed by atoms with Gasteiger partial charge in [-0.15, -0.1) is 0 Å². The molecule has 0 aromatic heterocycles. The molecule has 4 aliphatic rings. The van der Waals surface area contributed by atoms with Crippen LogP contribution in [0.2, 0.25) is 69.5 Å². The van der Waals surface area contributed by atoms with Crippen LogP contribution in [0.5, 0.6) is 0 Å². The minimum Gasteiger partial charge on any atom is -0.467 e. The molecule has 1 spiro atoms. The summed E-state index contributed by atoms with van der Waals surface area (Å²) in [6, 6.07) is 1.84. The molecule has 2 bridgehead atoms. The lowest BCUT2D eigenvalue weighted by atomic mass is 9.59. The van der Waals surface area contributed by atoms with Crippen molar-refractivity contribution in [2.24, 2.45) is 0 Å². The molecular weight excluding hydrogens is 661 g/mol. The van der Waals surface area contributed by atoms with Gasteiger partial charge in [-0.3, -0.25) is 0 Å². The van der Waals surface area contributed by atoms with Crippen molar-refractivity contribution < 1.29 is 56.6 Å². The normalized spacial score (nSPS) is 34.8. The van der Waals surface area contributed by atoms with Gasteiger partial charge < -0.3 is 47.1 Å². The monoisotopic (exact) mass is 720 g/mol. The molecule has 0 N–H and O–H groups in total. The van der Waals surface area contributed by atoms with Crippen LogP contribution in [-0.4, -0.2) is 124 Å². The van der Waals surface area contributed by atoms with E-state index in [4.69, 9.17) is 47.1 Å². The molecule has 0 saturated carbocycles. The summed E-state index contributed by atoms with van der Waals surface area (Å²) in [5.41, 5.74) is -7.77. The Balaban J connectivity index is 1.86. The summed E-state index contributed by atoms with van der Waals surface area (Å²) in [4.78, 5) is 29.3. The number of esters is 2. The first kappa shape index (κ1) is 39.1. The van der Waals surface area contributed by atoms with E-state index in [1.807, 2.05) is 33.9 Å². The molecule has 0 aromatic rings. The van der Waals surface area contributed by atoms with Gasteiger partial charge in [-0.05, 0) is 44.1 Å². The van der Waals surface area contributed by atoms with Crippen LogP contribution < -0.4 is 0 Å². The van der Waals surface area contributed by atoms with Gasteiger partial charge in [-0.1, -0.05) is 60.1 Å². The summed E-state index contributed by atoms with van der Waals surface area (Å²) >= 11 is 0. The van der Waals surface area contributed by atoms with Crippen LogP contribution in [0.4, 0.5) is 0 Å². The van der Waals surface area contributed by atoms with Gasteiger partial charge in [0, 0.05) is 29.4 Å². The molecule has 0 amide bonds. The Morgan fingerprint density at radius 1 is 0.894 bits per heavy atom. The molecule has 15 heteroatoms. The Morgan fingerprint density at radius 3 is 2.00 bits per heavy atom. The number of ether oxygens (including phenoxy) is 9. The number of fused-ring (bicyclic) bond motifs is 1. The van der Waals surface area contributed by atoms with Crippen molar-refractivity contribution in [3.8, 4) is 0 Å². The molecule has 0 unspecified atom stereocenters. The maximum Gasteiger partial charge on any atom is 0.346 e. The summed E-state index contributed by atoms with van der Waals surface area (Å²) in [6.07, 6.45) is -1.98. The lowest BCUT2D eigenvalue weighted by Crippen LogP contribution is -2.84. The zero-order chi connectivity index (χ0) is 35.5. The quantitative estimate of drug-likeness (QED) is 0.0931. The number of methoxy groups -OCH3 is 1. The second-order valence-electron chi connectivity index (χ2n) is 17.8. The standard InChI is InChI=1S/C32H60O12Si3/c1-27(2,3)47(13,14)44-32(25(33)35-6)30-20-39-28(4,5)42-24(30)23-29(43-30,19-38-21-36-15-17-45(7,8)9)31(32,26(34)41-23)40-22-37-16-18-46(10,11)12/h23-24H,15-22H2,1-14H3/t23-,24-,29+,30-,31+,32-/m1/s1. The van der Waals surface area contributed by atoms with Gasteiger partial charge in [0.15, 0.2) is 31.4 Å². The second kappa shape index (κ2) is 12.8. The van der Waals surface area contributed by atoms with Gasteiger partial charge in [0.2, 0.25) is 11.2 Å². The minimum absolute atomic E-state index is 0.0614.